The molecule has 1 aliphatic rings. The van der Waals surface area contributed by atoms with Crippen LogP contribution in [-0.2, 0) is 10.0 Å². The van der Waals surface area contributed by atoms with Gasteiger partial charge in [0.15, 0.2) is 0 Å². The van der Waals surface area contributed by atoms with Crippen LogP contribution in [0.2, 0.25) is 10.0 Å². The average molecular weight is 611 g/mol. The Morgan fingerprint density at radius 3 is 2.42 bits per heavy atom. The number of hydrogen-bond acceptors (Lipinski definition) is 5. The van der Waals surface area contributed by atoms with Crippen LogP contribution in [0, 0.1) is 5.82 Å². The molecule has 36 heavy (non-hydrogen) atoms. The highest BCUT2D eigenvalue weighted by atomic mass is 79.9. The number of anilines is 1. The second-order valence-electron chi connectivity index (χ2n) is 8.12. The highest BCUT2D eigenvalue weighted by Crippen LogP contribution is 2.32. The lowest BCUT2D eigenvalue weighted by Crippen LogP contribution is -2.49. The van der Waals surface area contributed by atoms with Crippen LogP contribution in [-0.4, -0.2) is 53.9 Å². The molecule has 3 heterocycles. The number of benzene rings is 2. The van der Waals surface area contributed by atoms with Gasteiger partial charge in [0, 0.05) is 43.5 Å². The lowest BCUT2D eigenvalue weighted by Gasteiger charge is -2.35. The van der Waals surface area contributed by atoms with Gasteiger partial charge in [-0.2, -0.15) is 4.31 Å². The minimum atomic E-state index is -3.87. The molecule has 0 radical (unpaired) electrons. The third-order valence-corrected chi connectivity index (χ3v) is 9.22. The molecule has 0 atom stereocenters. The third kappa shape index (κ3) is 4.88. The van der Waals surface area contributed by atoms with Crippen LogP contribution in [0.5, 0.6) is 0 Å². The summed E-state index contributed by atoms with van der Waals surface area (Å²) in [4.78, 5) is 13.8. The molecule has 2 aromatic heterocycles. The van der Waals surface area contributed by atoms with E-state index in [9.17, 15) is 12.8 Å². The van der Waals surface area contributed by atoms with E-state index in [1.165, 1.54) is 22.5 Å². The number of nitrogens with zero attached hydrogens (tertiary/aromatic N) is 4. The number of nitrogens with one attached hydrogen (secondary N) is 1. The van der Waals surface area contributed by atoms with Gasteiger partial charge < -0.3 is 9.88 Å². The predicted octanol–water partition coefficient (Wildman–Crippen LogP) is 5.86. The van der Waals surface area contributed by atoms with Gasteiger partial charge >= 0.3 is 0 Å². The fraction of sp³-hybridized carbons (Fsp3) is 0.167. The van der Waals surface area contributed by atoms with Crippen molar-refractivity contribution >= 4 is 55.0 Å². The van der Waals surface area contributed by atoms with Crippen molar-refractivity contribution in [2.75, 3.05) is 31.1 Å². The first-order valence-corrected chi connectivity index (χ1v) is 13.9. The van der Waals surface area contributed by atoms with Crippen LogP contribution in [0.3, 0.4) is 0 Å². The van der Waals surface area contributed by atoms with E-state index in [2.05, 4.69) is 30.9 Å². The van der Waals surface area contributed by atoms with Gasteiger partial charge in [0.25, 0.3) is 0 Å². The van der Waals surface area contributed by atoms with Gasteiger partial charge in [-0.3, -0.25) is 0 Å². The van der Waals surface area contributed by atoms with E-state index in [-0.39, 0.29) is 23.0 Å². The Labute approximate surface area is 226 Å². The zero-order valence-electron chi connectivity index (χ0n) is 18.6. The standard InChI is InChI=1S/C24H19BrCl2FN5O2S/c25-17-5-3-15(12-20(17)28)21-14-30-23(31-21)16-4-6-18(26)22(13-16)36(34,35)33-10-8-32(9-11-33)24-19(27)2-1-7-29-24/h1-7,12-14H,8-11H2,(H,30,31). The maximum atomic E-state index is 14.0. The fourth-order valence-corrected chi connectivity index (χ4v) is 6.43. The minimum Gasteiger partial charge on any atom is -0.353 e. The van der Waals surface area contributed by atoms with E-state index in [1.807, 2.05) is 4.90 Å². The maximum absolute atomic E-state index is 14.0. The van der Waals surface area contributed by atoms with Crippen LogP contribution in [0.15, 0.2) is 70.3 Å². The van der Waals surface area contributed by atoms with Crippen LogP contribution < -0.4 is 4.90 Å². The number of pyridine rings is 1. The first kappa shape index (κ1) is 25.2. The molecule has 0 bridgehead atoms. The Balaban J connectivity index is 1.38. The van der Waals surface area contributed by atoms with Crippen molar-refractivity contribution in [3.05, 3.63) is 81.3 Å². The zero-order valence-corrected chi connectivity index (χ0v) is 22.5. The lowest BCUT2D eigenvalue weighted by atomic mass is 10.2. The summed E-state index contributed by atoms with van der Waals surface area (Å²) in [5.41, 5.74) is 1.75. The molecule has 7 nitrogen and oxygen atoms in total. The molecule has 0 saturated carbocycles. The summed E-state index contributed by atoms with van der Waals surface area (Å²) in [5.74, 6) is 0.681. The Morgan fingerprint density at radius 1 is 0.944 bits per heavy atom. The molecule has 0 aliphatic carbocycles. The first-order chi connectivity index (χ1) is 17.2. The molecule has 186 valence electrons. The number of rotatable bonds is 5. The molecule has 0 spiro atoms. The highest BCUT2D eigenvalue weighted by molar-refractivity contribution is 9.10. The SMILES string of the molecule is O=S(=O)(c1cc(-c2ncc(-c3ccc(Br)c(F)c3)[nH]2)ccc1Cl)N1CCN(c2ncccc2Cl)CC1. The molecule has 1 N–H and O–H groups in total. The monoisotopic (exact) mass is 609 g/mol. The average Bonchev–Trinajstić information content (AvgIpc) is 3.37. The van der Waals surface area contributed by atoms with Gasteiger partial charge in [0.05, 0.1) is 26.4 Å². The minimum absolute atomic E-state index is 0.00128. The van der Waals surface area contributed by atoms with Crippen molar-refractivity contribution in [2.24, 2.45) is 0 Å². The second kappa shape index (κ2) is 10.1. The number of sulfonamides is 1. The summed E-state index contributed by atoms with van der Waals surface area (Å²) < 4.78 is 42.7. The van der Waals surface area contributed by atoms with E-state index in [0.29, 0.717) is 51.0 Å². The van der Waals surface area contributed by atoms with Crippen molar-refractivity contribution in [3.63, 3.8) is 0 Å². The van der Waals surface area contributed by atoms with Gasteiger partial charge in [0.1, 0.15) is 22.4 Å². The molecule has 4 aromatic rings. The van der Waals surface area contributed by atoms with Gasteiger partial charge in [-0.05, 0) is 58.4 Å². The molecule has 1 fully saturated rings. The van der Waals surface area contributed by atoms with Gasteiger partial charge in [-0.15, -0.1) is 0 Å². The smallest absolute Gasteiger partial charge is 0.244 e. The predicted molar refractivity (Wildman–Crippen MR) is 142 cm³/mol. The molecule has 2 aromatic carbocycles. The maximum Gasteiger partial charge on any atom is 0.244 e. The first-order valence-electron chi connectivity index (χ1n) is 10.9. The molecular formula is C24H19BrCl2FN5O2S. The Morgan fingerprint density at radius 2 is 1.69 bits per heavy atom. The van der Waals surface area contributed by atoms with Crippen molar-refractivity contribution in [1.29, 1.82) is 0 Å². The largest absolute Gasteiger partial charge is 0.353 e. The van der Waals surface area contributed by atoms with Crippen LogP contribution in [0.4, 0.5) is 10.2 Å². The summed E-state index contributed by atoms with van der Waals surface area (Å²) in [5, 5.41) is 0.643. The van der Waals surface area contributed by atoms with Crippen molar-refractivity contribution < 1.29 is 12.8 Å². The normalized spacial score (nSPS) is 14.8. The second-order valence-corrected chi connectivity index (χ2v) is 11.7. The molecule has 5 rings (SSSR count). The van der Waals surface area contributed by atoms with E-state index in [0.717, 1.165) is 0 Å². The summed E-state index contributed by atoms with van der Waals surface area (Å²) in [7, 11) is -3.87. The number of aromatic nitrogens is 3. The summed E-state index contributed by atoms with van der Waals surface area (Å²) in [6.45, 7) is 1.41. The zero-order chi connectivity index (χ0) is 25.4. The topological polar surface area (TPSA) is 82.2 Å². The number of H-pyrrole nitrogens is 1. The third-order valence-electron chi connectivity index (χ3n) is 5.91. The van der Waals surface area contributed by atoms with E-state index in [1.54, 1.807) is 42.7 Å². The quantitative estimate of drug-likeness (QED) is 0.306. The van der Waals surface area contributed by atoms with E-state index in [4.69, 9.17) is 23.2 Å². The lowest BCUT2D eigenvalue weighted by molar-refractivity contribution is 0.384. The van der Waals surface area contributed by atoms with Gasteiger partial charge in [-0.25, -0.2) is 22.8 Å². The molecule has 1 aliphatic heterocycles. The van der Waals surface area contributed by atoms with Crippen LogP contribution in [0.1, 0.15) is 0 Å². The Bertz CT molecular complexity index is 1540. The number of hydrogen-bond donors (Lipinski definition) is 1. The highest BCUT2D eigenvalue weighted by Gasteiger charge is 2.31. The van der Waals surface area contributed by atoms with Gasteiger partial charge in [-0.1, -0.05) is 29.3 Å². The Kier molecular flexibility index (Phi) is 7.06. The van der Waals surface area contributed by atoms with Crippen LogP contribution >= 0.6 is 39.1 Å². The fourth-order valence-electron chi connectivity index (χ4n) is 4.02. The van der Waals surface area contributed by atoms with E-state index < -0.39 is 15.8 Å². The summed E-state index contributed by atoms with van der Waals surface area (Å²) in [6.07, 6.45) is 3.23. The van der Waals surface area contributed by atoms with Crippen molar-refractivity contribution in [2.45, 2.75) is 4.90 Å². The number of piperazine rings is 1. The van der Waals surface area contributed by atoms with Gasteiger partial charge in [0.2, 0.25) is 10.0 Å². The molecule has 0 amide bonds. The number of imidazole rings is 1. The molecular weight excluding hydrogens is 592 g/mol. The molecule has 1 saturated heterocycles. The summed E-state index contributed by atoms with van der Waals surface area (Å²) in [6, 6.07) is 13.0. The summed E-state index contributed by atoms with van der Waals surface area (Å²) >= 11 is 15.7. The number of halogens is 4. The van der Waals surface area contributed by atoms with Crippen molar-refractivity contribution in [1.82, 2.24) is 19.3 Å². The van der Waals surface area contributed by atoms with Crippen LogP contribution in [0.25, 0.3) is 22.6 Å². The Hall–Kier alpha value is -2.50. The molecule has 12 heteroatoms. The van der Waals surface area contributed by atoms with Crippen molar-refractivity contribution in [3.8, 4) is 22.6 Å². The molecule has 0 unspecified atom stereocenters. The van der Waals surface area contributed by atoms with E-state index >= 15 is 0 Å². The number of aromatic amines is 1.